The van der Waals surface area contributed by atoms with Crippen molar-refractivity contribution in [3.8, 4) is 0 Å². The predicted molar refractivity (Wildman–Crippen MR) is 136 cm³/mol. The second-order valence-electron chi connectivity index (χ2n) is 9.12. The van der Waals surface area contributed by atoms with E-state index < -0.39 is 23.8 Å². The number of amides is 4. The molecule has 2 aliphatic heterocycles. The third kappa shape index (κ3) is 4.52. The van der Waals surface area contributed by atoms with Gasteiger partial charge >= 0.3 is 0 Å². The minimum atomic E-state index is -1.09. The molecule has 1 atom stereocenters. The first kappa shape index (κ1) is 23.5. The van der Waals surface area contributed by atoms with E-state index in [1.807, 2.05) is 30.3 Å². The molecule has 182 valence electrons. The molecular weight excluding hydrogens is 454 g/mol. The number of likely N-dealkylation sites (tertiary alicyclic amines) is 1. The number of carbonyl (C=O) groups is 4. The standard InChI is InChI=1S/C29H27N3O4/c33-26(30-24-16-8-7-15-23(24)27(34)31-17-9-2-10-18-31)25(19-20-11-3-1-4-12-20)32-28(35)21-13-5-6-14-22(21)29(32)36/h1,3-8,11-16,25H,2,9-10,17-19H2,(H,30,33)/t25-/m1/s1. The average molecular weight is 482 g/mol. The molecule has 3 aromatic rings. The molecule has 0 aliphatic carbocycles. The molecule has 0 unspecified atom stereocenters. The van der Waals surface area contributed by atoms with E-state index in [0.717, 1.165) is 29.7 Å². The first-order chi connectivity index (χ1) is 17.5. The van der Waals surface area contributed by atoms with Crippen LogP contribution in [0.1, 0.15) is 55.9 Å². The number of anilines is 1. The number of piperidine rings is 1. The molecule has 0 bridgehead atoms. The average Bonchev–Trinajstić information content (AvgIpc) is 3.18. The highest BCUT2D eigenvalue weighted by atomic mass is 16.2. The highest BCUT2D eigenvalue weighted by Crippen LogP contribution is 2.27. The topological polar surface area (TPSA) is 86.8 Å². The van der Waals surface area contributed by atoms with Crippen LogP contribution in [-0.2, 0) is 11.2 Å². The number of hydrogen-bond donors (Lipinski definition) is 1. The zero-order valence-corrected chi connectivity index (χ0v) is 19.9. The summed E-state index contributed by atoms with van der Waals surface area (Å²) in [6.07, 6.45) is 3.17. The van der Waals surface area contributed by atoms with Gasteiger partial charge in [0.2, 0.25) is 5.91 Å². The number of benzene rings is 3. The lowest BCUT2D eigenvalue weighted by Crippen LogP contribution is -2.48. The van der Waals surface area contributed by atoms with Crippen LogP contribution in [0.25, 0.3) is 0 Å². The Morgan fingerprint density at radius 1 is 0.750 bits per heavy atom. The fourth-order valence-corrected chi connectivity index (χ4v) is 4.89. The van der Waals surface area contributed by atoms with Gasteiger partial charge in [-0.2, -0.15) is 0 Å². The van der Waals surface area contributed by atoms with E-state index in [2.05, 4.69) is 5.32 Å². The van der Waals surface area contributed by atoms with Gasteiger partial charge in [0, 0.05) is 19.5 Å². The second kappa shape index (κ2) is 10.2. The van der Waals surface area contributed by atoms with E-state index >= 15 is 0 Å². The van der Waals surface area contributed by atoms with Gasteiger partial charge in [-0.3, -0.25) is 24.1 Å². The predicted octanol–water partition coefficient (Wildman–Crippen LogP) is 4.16. The summed E-state index contributed by atoms with van der Waals surface area (Å²) in [5.74, 6) is -1.65. The van der Waals surface area contributed by atoms with Gasteiger partial charge in [-0.25, -0.2) is 0 Å². The van der Waals surface area contributed by atoms with E-state index in [1.165, 1.54) is 0 Å². The van der Waals surface area contributed by atoms with Gasteiger partial charge in [0.1, 0.15) is 6.04 Å². The van der Waals surface area contributed by atoms with Crippen molar-refractivity contribution in [2.24, 2.45) is 0 Å². The number of imide groups is 1. The van der Waals surface area contributed by atoms with Gasteiger partial charge in [0.05, 0.1) is 22.4 Å². The summed E-state index contributed by atoms with van der Waals surface area (Å²) < 4.78 is 0. The first-order valence-electron chi connectivity index (χ1n) is 12.2. The minimum absolute atomic E-state index is 0.133. The van der Waals surface area contributed by atoms with Crippen LogP contribution < -0.4 is 5.32 Å². The van der Waals surface area contributed by atoms with Crippen LogP contribution in [0.3, 0.4) is 0 Å². The normalized spacial score (nSPS) is 16.0. The second-order valence-corrected chi connectivity index (χ2v) is 9.12. The van der Waals surface area contributed by atoms with Crippen LogP contribution in [0, 0.1) is 0 Å². The summed E-state index contributed by atoms with van der Waals surface area (Å²) in [5.41, 5.74) is 2.15. The molecule has 0 spiro atoms. The lowest BCUT2D eigenvalue weighted by Gasteiger charge is -2.28. The Kier molecular flexibility index (Phi) is 6.62. The van der Waals surface area contributed by atoms with E-state index in [-0.39, 0.29) is 23.5 Å². The van der Waals surface area contributed by atoms with Crippen molar-refractivity contribution in [3.05, 3.63) is 101 Å². The van der Waals surface area contributed by atoms with Gasteiger partial charge in [0.25, 0.3) is 17.7 Å². The summed E-state index contributed by atoms with van der Waals surface area (Å²) in [6, 6.07) is 21.6. The number of nitrogens with one attached hydrogen (secondary N) is 1. The minimum Gasteiger partial charge on any atom is -0.339 e. The molecule has 2 aliphatic rings. The number of hydrogen-bond acceptors (Lipinski definition) is 4. The Hall–Kier alpha value is -4.26. The summed E-state index contributed by atoms with van der Waals surface area (Å²) in [7, 11) is 0. The fraction of sp³-hybridized carbons (Fsp3) is 0.241. The van der Waals surface area contributed by atoms with Crippen molar-refractivity contribution < 1.29 is 19.2 Å². The number of para-hydroxylation sites is 1. The third-order valence-corrected chi connectivity index (χ3v) is 6.77. The van der Waals surface area contributed by atoms with E-state index in [9.17, 15) is 19.2 Å². The molecule has 1 N–H and O–H groups in total. The summed E-state index contributed by atoms with van der Waals surface area (Å²) >= 11 is 0. The number of nitrogens with zero attached hydrogens (tertiary/aromatic N) is 2. The smallest absolute Gasteiger partial charge is 0.262 e. The van der Waals surface area contributed by atoms with Crippen LogP contribution in [0.15, 0.2) is 78.9 Å². The van der Waals surface area contributed by atoms with Gasteiger partial charge in [-0.05, 0) is 49.1 Å². The fourth-order valence-electron chi connectivity index (χ4n) is 4.89. The van der Waals surface area contributed by atoms with Crippen LogP contribution >= 0.6 is 0 Å². The SMILES string of the molecule is O=C(Nc1ccccc1C(=O)N1CCCCC1)[C@@H](Cc1ccccc1)N1C(=O)c2ccccc2C1=O. The molecule has 2 heterocycles. The lowest BCUT2D eigenvalue weighted by atomic mass is 10.0. The van der Waals surface area contributed by atoms with Crippen LogP contribution in [0.2, 0.25) is 0 Å². The molecule has 0 radical (unpaired) electrons. The third-order valence-electron chi connectivity index (χ3n) is 6.77. The Balaban J connectivity index is 1.45. The van der Waals surface area contributed by atoms with Crippen molar-refractivity contribution in [1.82, 2.24) is 9.80 Å². The van der Waals surface area contributed by atoms with Gasteiger partial charge in [-0.1, -0.05) is 54.6 Å². The largest absolute Gasteiger partial charge is 0.339 e. The molecule has 0 saturated carbocycles. The zero-order chi connectivity index (χ0) is 25.1. The van der Waals surface area contributed by atoms with Gasteiger partial charge in [-0.15, -0.1) is 0 Å². The maximum absolute atomic E-state index is 13.7. The van der Waals surface area contributed by atoms with Crippen molar-refractivity contribution in [1.29, 1.82) is 0 Å². The Bertz CT molecular complexity index is 1280. The monoisotopic (exact) mass is 481 g/mol. The van der Waals surface area contributed by atoms with Crippen molar-refractivity contribution in [2.75, 3.05) is 18.4 Å². The van der Waals surface area contributed by atoms with Crippen LogP contribution in [0.4, 0.5) is 5.69 Å². The Labute approximate surface area is 209 Å². The van der Waals surface area contributed by atoms with Gasteiger partial charge < -0.3 is 10.2 Å². The summed E-state index contributed by atoms with van der Waals surface area (Å²) in [6.45, 7) is 1.37. The zero-order valence-electron chi connectivity index (χ0n) is 19.9. The molecule has 1 saturated heterocycles. The van der Waals surface area contributed by atoms with E-state index in [1.54, 1.807) is 53.4 Å². The molecule has 0 aromatic heterocycles. The molecular formula is C29H27N3O4. The van der Waals surface area contributed by atoms with Gasteiger partial charge in [0.15, 0.2) is 0 Å². The number of fused-ring (bicyclic) bond motifs is 1. The van der Waals surface area contributed by atoms with Crippen molar-refractivity contribution in [2.45, 2.75) is 31.7 Å². The first-order valence-corrected chi connectivity index (χ1v) is 12.2. The van der Waals surface area contributed by atoms with E-state index in [0.29, 0.717) is 24.3 Å². The number of rotatable bonds is 6. The lowest BCUT2D eigenvalue weighted by molar-refractivity contribution is -0.119. The van der Waals surface area contributed by atoms with E-state index in [4.69, 9.17) is 0 Å². The molecule has 3 aromatic carbocycles. The Morgan fingerprint density at radius 3 is 2.00 bits per heavy atom. The summed E-state index contributed by atoms with van der Waals surface area (Å²) in [5, 5.41) is 2.86. The Morgan fingerprint density at radius 2 is 1.33 bits per heavy atom. The summed E-state index contributed by atoms with van der Waals surface area (Å²) in [4.78, 5) is 56.3. The maximum atomic E-state index is 13.7. The highest BCUT2D eigenvalue weighted by molar-refractivity contribution is 6.23. The molecule has 7 heteroatoms. The van der Waals surface area contributed by atoms with Crippen molar-refractivity contribution >= 4 is 29.3 Å². The maximum Gasteiger partial charge on any atom is 0.262 e. The van der Waals surface area contributed by atoms with Crippen LogP contribution in [-0.4, -0.2) is 52.6 Å². The molecule has 7 nitrogen and oxygen atoms in total. The quantitative estimate of drug-likeness (QED) is 0.536. The molecule has 36 heavy (non-hydrogen) atoms. The molecule has 1 fully saturated rings. The van der Waals surface area contributed by atoms with Crippen LogP contribution in [0.5, 0.6) is 0 Å². The molecule has 5 rings (SSSR count). The van der Waals surface area contributed by atoms with Crippen molar-refractivity contribution in [3.63, 3.8) is 0 Å². The number of carbonyl (C=O) groups excluding carboxylic acids is 4. The molecule has 4 amide bonds. The highest BCUT2D eigenvalue weighted by Gasteiger charge is 2.42.